The Balaban J connectivity index is 1.87. The number of carbonyl (C=O) groups excluding carboxylic acids is 1. The maximum Gasteiger partial charge on any atom is 0.341 e. The minimum absolute atomic E-state index is 0.171. The quantitative estimate of drug-likeness (QED) is 0.357. The van der Waals surface area contributed by atoms with E-state index in [2.05, 4.69) is 40.5 Å². The van der Waals surface area contributed by atoms with Gasteiger partial charge >= 0.3 is 5.97 Å². The average molecular weight is 440 g/mol. The second-order valence-corrected chi connectivity index (χ2v) is 15.5. The van der Waals surface area contributed by atoms with Crippen molar-refractivity contribution in [3.05, 3.63) is 39.3 Å². The van der Waals surface area contributed by atoms with Crippen molar-refractivity contribution < 1.29 is 9.53 Å². The molecule has 0 unspecified atom stereocenters. The highest BCUT2D eigenvalue weighted by Gasteiger charge is 2.36. The van der Waals surface area contributed by atoms with Gasteiger partial charge in [-0.2, -0.15) is 0 Å². The molecule has 0 N–H and O–H groups in total. The number of thioether (sulfide) groups is 1. The maximum atomic E-state index is 13.0. The van der Waals surface area contributed by atoms with Crippen LogP contribution in [0.3, 0.4) is 0 Å². The molecule has 2 saturated heterocycles. The number of hydrogen-bond donors (Lipinski definition) is 0. The van der Waals surface area contributed by atoms with Crippen molar-refractivity contribution in [3.63, 3.8) is 0 Å². The summed E-state index contributed by atoms with van der Waals surface area (Å²) in [7, 11) is -1.21. The van der Waals surface area contributed by atoms with Gasteiger partial charge in [0.15, 0.2) is 0 Å². The Morgan fingerprint density at radius 2 is 2.04 bits per heavy atom. The number of nitrogens with zero attached hydrogens (tertiary/aromatic N) is 1. The molecule has 0 aromatic heterocycles. The highest BCUT2D eigenvalue weighted by atomic mass is 79.9. The van der Waals surface area contributed by atoms with Gasteiger partial charge in [-0.15, -0.1) is 11.8 Å². The van der Waals surface area contributed by atoms with E-state index >= 15 is 0 Å². The number of esters is 1. The van der Waals surface area contributed by atoms with Crippen LogP contribution in [0.25, 0.3) is 5.57 Å². The summed E-state index contributed by atoms with van der Waals surface area (Å²) in [6, 6.07) is 9.59. The number of fused-ring (bicyclic) bond motifs is 1. The molecule has 25 heavy (non-hydrogen) atoms. The van der Waals surface area contributed by atoms with Crippen molar-refractivity contribution in [3.8, 4) is 0 Å². The molecule has 1 aromatic rings. The Hall–Kier alpha value is -0.723. The van der Waals surface area contributed by atoms with E-state index in [9.17, 15) is 4.79 Å². The maximum absolute atomic E-state index is 13.0. The number of carbonyl (C=O) groups is 1. The molecule has 1 aromatic carbocycles. The molecular formula is C19H26BrNO2SSi. The zero-order valence-electron chi connectivity index (χ0n) is 15.2. The van der Waals surface area contributed by atoms with Gasteiger partial charge in [0.1, 0.15) is 0 Å². The lowest BCUT2D eigenvalue weighted by Gasteiger charge is -2.22. The third kappa shape index (κ3) is 4.71. The molecule has 2 heterocycles. The van der Waals surface area contributed by atoms with E-state index < -0.39 is 8.07 Å². The van der Waals surface area contributed by atoms with Crippen LogP contribution >= 0.6 is 27.7 Å². The first kappa shape index (κ1) is 19.0. The second-order valence-electron chi connectivity index (χ2n) is 7.93. The van der Waals surface area contributed by atoms with Gasteiger partial charge in [0.25, 0.3) is 0 Å². The molecule has 2 fully saturated rings. The van der Waals surface area contributed by atoms with Crippen molar-refractivity contribution in [2.24, 2.45) is 0 Å². The fourth-order valence-corrected chi connectivity index (χ4v) is 5.64. The average Bonchev–Trinajstić information content (AvgIpc) is 3.13. The molecule has 0 amide bonds. The third-order valence-corrected chi connectivity index (χ3v) is 8.18. The SMILES string of the molecule is C[Si](C)(C)CCOC(=O)/C(=C1\SC[C@@H]2CCCN12)c1ccc(Br)cc1. The van der Waals surface area contributed by atoms with Crippen LogP contribution < -0.4 is 0 Å². The van der Waals surface area contributed by atoms with E-state index in [1.807, 2.05) is 36.0 Å². The third-order valence-electron chi connectivity index (χ3n) is 4.69. The van der Waals surface area contributed by atoms with Gasteiger partial charge in [-0.25, -0.2) is 4.79 Å². The van der Waals surface area contributed by atoms with Crippen molar-refractivity contribution in [1.82, 2.24) is 4.90 Å². The standard InChI is InChI=1S/C19H26BrNO2SSi/c1-25(2,3)12-11-23-19(22)17(14-6-8-15(20)9-7-14)18-21-10-4-5-16(21)13-24-18/h6-9,16H,4-5,10-13H2,1-3H3/b18-17-/t16-/m0/s1. The number of ether oxygens (including phenoxy) is 1. The topological polar surface area (TPSA) is 29.5 Å². The Morgan fingerprint density at radius 3 is 2.72 bits per heavy atom. The van der Waals surface area contributed by atoms with E-state index in [0.29, 0.717) is 12.6 Å². The van der Waals surface area contributed by atoms with Crippen LogP contribution in [0.2, 0.25) is 25.7 Å². The van der Waals surface area contributed by atoms with Crippen molar-refractivity contribution in [1.29, 1.82) is 0 Å². The highest BCUT2D eigenvalue weighted by molar-refractivity contribution is 9.10. The van der Waals surface area contributed by atoms with Gasteiger partial charge < -0.3 is 9.64 Å². The highest BCUT2D eigenvalue weighted by Crippen LogP contribution is 2.43. The van der Waals surface area contributed by atoms with Crippen LogP contribution in [-0.4, -0.2) is 43.9 Å². The molecule has 2 aliphatic heterocycles. The van der Waals surface area contributed by atoms with Crippen molar-refractivity contribution in [2.45, 2.75) is 44.6 Å². The van der Waals surface area contributed by atoms with E-state index in [1.165, 1.54) is 12.8 Å². The molecule has 2 aliphatic rings. The fraction of sp³-hybridized carbons (Fsp3) is 0.526. The molecule has 1 atom stereocenters. The molecule has 0 spiro atoms. The molecule has 0 aliphatic carbocycles. The second kappa shape index (κ2) is 7.88. The molecule has 3 rings (SSSR count). The molecular weight excluding hydrogens is 414 g/mol. The largest absolute Gasteiger partial charge is 0.462 e. The lowest BCUT2D eigenvalue weighted by molar-refractivity contribution is -0.136. The summed E-state index contributed by atoms with van der Waals surface area (Å²) in [6.45, 7) is 8.48. The summed E-state index contributed by atoms with van der Waals surface area (Å²) in [5, 5.41) is 1.11. The van der Waals surface area contributed by atoms with Gasteiger partial charge in [-0.3, -0.25) is 0 Å². The first-order chi connectivity index (χ1) is 11.8. The molecule has 136 valence electrons. The first-order valence-electron chi connectivity index (χ1n) is 8.92. The smallest absolute Gasteiger partial charge is 0.341 e. The van der Waals surface area contributed by atoms with Gasteiger partial charge in [0.2, 0.25) is 0 Å². The van der Waals surface area contributed by atoms with Gasteiger partial charge in [0.05, 0.1) is 17.2 Å². The zero-order valence-corrected chi connectivity index (χ0v) is 18.6. The number of hydrogen-bond acceptors (Lipinski definition) is 4. The Kier molecular flexibility index (Phi) is 6.01. The van der Waals surface area contributed by atoms with Crippen LogP contribution in [0.5, 0.6) is 0 Å². The Labute approximate surface area is 164 Å². The van der Waals surface area contributed by atoms with Gasteiger partial charge in [-0.05, 0) is 36.6 Å². The normalized spacial score (nSPS) is 22.1. The summed E-state index contributed by atoms with van der Waals surface area (Å²) < 4.78 is 6.73. The van der Waals surface area contributed by atoms with Crippen molar-refractivity contribution >= 4 is 47.3 Å². The minimum Gasteiger partial charge on any atom is -0.462 e. The molecule has 0 radical (unpaired) electrons. The number of rotatable bonds is 5. The summed E-state index contributed by atoms with van der Waals surface area (Å²) in [5.41, 5.74) is 1.70. The Bertz CT molecular complexity index is 669. The van der Waals surface area contributed by atoms with Gasteiger partial charge in [-0.1, -0.05) is 47.7 Å². The number of benzene rings is 1. The van der Waals surface area contributed by atoms with Crippen molar-refractivity contribution in [2.75, 3.05) is 18.9 Å². The van der Waals surface area contributed by atoms with Crippen LogP contribution in [-0.2, 0) is 9.53 Å². The molecule has 0 bridgehead atoms. The van der Waals surface area contributed by atoms with E-state index in [-0.39, 0.29) is 5.97 Å². The summed E-state index contributed by atoms with van der Waals surface area (Å²) in [5.74, 6) is 0.910. The first-order valence-corrected chi connectivity index (χ1v) is 14.4. The lowest BCUT2D eigenvalue weighted by Crippen LogP contribution is -2.25. The number of halogens is 1. The van der Waals surface area contributed by atoms with Gasteiger partial charge in [0, 0.05) is 30.9 Å². The fourth-order valence-electron chi connectivity index (χ4n) is 3.22. The molecule has 0 saturated carbocycles. The van der Waals surface area contributed by atoms with Crippen LogP contribution in [0, 0.1) is 0 Å². The van der Waals surface area contributed by atoms with E-state index in [4.69, 9.17) is 4.74 Å². The molecule has 3 nitrogen and oxygen atoms in total. The summed E-state index contributed by atoms with van der Waals surface area (Å²) >= 11 is 5.29. The predicted molar refractivity (Wildman–Crippen MR) is 112 cm³/mol. The summed E-state index contributed by atoms with van der Waals surface area (Å²) in [6.07, 6.45) is 2.45. The lowest BCUT2D eigenvalue weighted by atomic mass is 10.1. The monoisotopic (exact) mass is 439 g/mol. The van der Waals surface area contributed by atoms with E-state index in [1.54, 1.807) is 0 Å². The predicted octanol–water partition coefficient (Wildman–Crippen LogP) is 5.21. The Morgan fingerprint density at radius 1 is 1.32 bits per heavy atom. The van der Waals surface area contributed by atoms with E-state index in [0.717, 1.165) is 39.0 Å². The van der Waals surface area contributed by atoms with Crippen LogP contribution in [0.1, 0.15) is 18.4 Å². The minimum atomic E-state index is -1.21. The van der Waals surface area contributed by atoms with Crippen LogP contribution in [0.15, 0.2) is 33.8 Å². The molecule has 6 heteroatoms. The zero-order chi connectivity index (χ0) is 18.0. The van der Waals surface area contributed by atoms with Crippen LogP contribution in [0.4, 0.5) is 0 Å². The summed E-state index contributed by atoms with van der Waals surface area (Å²) in [4.78, 5) is 15.4.